The van der Waals surface area contributed by atoms with Crippen molar-refractivity contribution in [2.45, 2.75) is 32.2 Å². The Labute approximate surface area is 123 Å². The number of likely N-dealkylation sites (tertiary alicyclic amines) is 1. The Morgan fingerprint density at radius 3 is 2.90 bits per heavy atom. The average molecular weight is 296 g/mol. The third kappa shape index (κ3) is 2.93. The van der Waals surface area contributed by atoms with Gasteiger partial charge in [-0.3, -0.25) is 9.59 Å². The number of aromatic nitrogens is 1. The number of halogens is 1. The van der Waals surface area contributed by atoms with E-state index in [0.717, 1.165) is 12.1 Å². The Bertz CT molecular complexity index is 533. The molecule has 108 valence electrons. The molecular weight excluding hydrogens is 278 g/mol. The minimum absolute atomic E-state index is 0.119. The van der Waals surface area contributed by atoms with Gasteiger partial charge in [0.15, 0.2) is 0 Å². The van der Waals surface area contributed by atoms with Crippen molar-refractivity contribution in [2.24, 2.45) is 0 Å². The molecule has 1 fully saturated rings. The summed E-state index contributed by atoms with van der Waals surface area (Å²) in [5.41, 5.74) is 1.27. The molecule has 2 amide bonds. The van der Waals surface area contributed by atoms with Crippen molar-refractivity contribution in [3.8, 4) is 0 Å². The number of hydrogen-bond acceptors (Lipinski definition) is 3. The number of carbonyl (C=O) groups is 2. The molecule has 1 aromatic heterocycles. The lowest BCUT2D eigenvalue weighted by Crippen LogP contribution is -2.44. The Balaban J connectivity index is 2.26. The van der Waals surface area contributed by atoms with Crippen LogP contribution < -0.4 is 5.32 Å². The van der Waals surface area contributed by atoms with E-state index in [9.17, 15) is 9.59 Å². The summed E-state index contributed by atoms with van der Waals surface area (Å²) in [5.74, 6) is -0.276. The van der Waals surface area contributed by atoms with Gasteiger partial charge in [0.1, 0.15) is 11.2 Å². The van der Waals surface area contributed by atoms with E-state index in [1.807, 2.05) is 6.92 Å². The quantitative estimate of drug-likeness (QED) is 0.863. The number of hydrogen-bond donors (Lipinski definition) is 1. The lowest BCUT2D eigenvalue weighted by Gasteiger charge is -2.23. The van der Waals surface area contributed by atoms with Crippen LogP contribution in [-0.4, -0.2) is 41.3 Å². The molecular formula is C14H18ClN3O2. The fourth-order valence-electron chi connectivity index (χ4n) is 2.47. The first-order valence-electron chi connectivity index (χ1n) is 6.75. The molecule has 1 atom stereocenters. The van der Waals surface area contributed by atoms with Crippen molar-refractivity contribution in [3.63, 3.8) is 0 Å². The molecule has 1 aliphatic heterocycles. The van der Waals surface area contributed by atoms with Gasteiger partial charge in [0.05, 0.1) is 0 Å². The molecule has 0 spiro atoms. The summed E-state index contributed by atoms with van der Waals surface area (Å²) < 4.78 is 0. The maximum atomic E-state index is 12.6. The summed E-state index contributed by atoms with van der Waals surface area (Å²) in [6.45, 7) is 2.55. The van der Waals surface area contributed by atoms with Crippen molar-refractivity contribution in [2.75, 3.05) is 13.6 Å². The number of pyridine rings is 1. The molecule has 0 saturated carbocycles. The van der Waals surface area contributed by atoms with Gasteiger partial charge in [0.2, 0.25) is 5.91 Å². The molecule has 1 unspecified atom stereocenters. The number of nitrogens with zero attached hydrogens (tertiary/aromatic N) is 2. The van der Waals surface area contributed by atoms with Crippen LogP contribution in [0.15, 0.2) is 12.1 Å². The lowest BCUT2D eigenvalue weighted by molar-refractivity contribution is -0.124. The minimum Gasteiger partial charge on any atom is -0.357 e. The smallest absolute Gasteiger partial charge is 0.254 e. The van der Waals surface area contributed by atoms with Gasteiger partial charge in [-0.2, -0.15) is 0 Å². The Morgan fingerprint density at radius 1 is 1.50 bits per heavy atom. The van der Waals surface area contributed by atoms with Crippen LogP contribution in [-0.2, 0) is 11.2 Å². The molecule has 1 aliphatic rings. The summed E-state index contributed by atoms with van der Waals surface area (Å²) in [5, 5.41) is 2.91. The summed E-state index contributed by atoms with van der Waals surface area (Å²) >= 11 is 5.94. The highest BCUT2D eigenvalue weighted by Crippen LogP contribution is 2.22. The first kappa shape index (κ1) is 14.8. The predicted molar refractivity (Wildman–Crippen MR) is 76.8 cm³/mol. The van der Waals surface area contributed by atoms with Gasteiger partial charge in [-0.05, 0) is 31.4 Å². The standard InChI is InChI=1S/C14H18ClN3O2/c1-3-10-7-9(8-12(15)17-10)14(20)18-6-4-5-11(18)13(19)16-2/h7-8,11H,3-6H2,1-2H3,(H,16,19). The molecule has 1 aromatic rings. The van der Waals surface area contributed by atoms with E-state index in [1.165, 1.54) is 0 Å². The third-order valence-electron chi connectivity index (χ3n) is 3.52. The molecule has 1 N–H and O–H groups in total. The van der Waals surface area contributed by atoms with E-state index in [-0.39, 0.29) is 17.9 Å². The van der Waals surface area contributed by atoms with Crippen LogP contribution in [0.5, 0.6) is 0 Å². The fraction of sp³-hybridized carbons (Fsp3) is 0.500. The van der Waals surface area contributed by atoms with Gasteiger partial charge in [0.25, 0.3) is 5.91 Å². The highest BCUT2D eigenvalue weighted by molar-refractivity contribution is 6.29. The maximum Gasteiger partial charge on any atom is 0.254 e. The maximum absolute atomic E-state index is 12.6. The van der Waals surface area contributed by atoms with Crippen LogP contribution in [0.1, 0.15) is 35.8 Å². The molecule has 2 rings (SSSR count). The molecule has 0 aromatic carbocycles. The zero-order valence-electron chi connectivity index (χ0n) is 11.6. The molecule has 0 bridgehead atoms. The summed E-state index contributed by atoms with van der Waals surface area (Å²) in [6, 6.07) is 2.92. The van der Waals surface area contributed by atoms with Gasteiger partial charge in [-0.1, -0.05) is 18.5 Å². The second kappa shape index (κ2) is 6.22. The van der Waals surface area contributed by atoms with Crippen LogP contribution in [0.25, 0.3) is 0 Å². The Hall–Kier alpha value is -1.62. The molecule has 1 saturated heterocycles. The van der Waals surface area contributed by atoms with Crippen LogP contribution in [0.4, 0.5) is 0 Å². The van der Waals surface area contributed by atoms with E-state index in [1.54, 1.807) is 24.1 Å². The third-order valence-corrected chi connectivity index (χ3v) is 3.71. The minimum atomic E-state index is -0.385. The molecule has 2 heterocycles. The van der Waals surface area contributed by atoms with Gasteiger partial charge >= 0.3 is 0 Å². The number of amides is 2. The fourth-order valence-corrected chi connectivity index (χ4v) is 2.70. The second-order valence-corrected chi connectivity index (χ2v) is 5.18. The van der Waals surface area contributed by atoms with E-state index in [4.69, 9.17) is 11.6 Å². The number of carbonyl (C=O) groups excluding carboxylic acids is 2. The van der Waals surface area contributed by atoms with Crippen molar-refractivity contribution >= 4 is 23.4 Å². The predicted octanol–water partition coefficient (Wildman–Crippen LogP) is 1.65. The number of rotatable bonds is 3. The largest absolute Gasteiger partial charge is 0.357 e. The SMILES string of the molecule is CCc1cc(C(=O)N2CCCC2C(=O)NC)cc(Cl)n1. The zero-order valence-corrected chi connectivity index (χ0v) is 12.4. The highest BCUT2D eigenvalue weighted by atomic mass is 35.5. The monoisotopic (exact) mass is 295 g/mol. The second-order valence-electron chi connectivity index (χ2n) is 4.79. The lowest BCUT2D eigenvalue weighted by atomic mass is 10.1. The van der Waals surface area contributed by atoms with Gasteiger partial charge < -0.3 is 10.2 Å². The summed E-state index contributed by atoms with van der Waals surface area (Å²) in [4.78, 5) is 30.1. The van der Waals surface area contributed by atoms with Crippen LogP contribution in [0, 0.1) is 0 Å². The topological polar surface area (TPSA) is 62.3 Å². The highest BCUT2D eigenvalue weighted by Gasteiger charge is 2.34. The first-order valence-corrected chi connectivity index (χ1v) is 7.13. The molecule has 0 aliphatic carbocycles. The summed E-state index contributed by atoms with van der Waals surface area (Å²) in [7, 11) is 1.59. The van der Waals surface area contributed by atoms with Crippen molar-refractivity contribution < 1.29 is 9.59 Å². The number of aryl methyl sites for hydroxylation is 1. The Morgan fingerprint density at radius 2 is 2.25 bits per heavy atom. The number of nitrogens with one attached hydrogen (secondary N) is 1. The van der Waals surface area contributed by atoms with Gasteiger partial charge in [0, 0.05) is 24.8 Å². The van der Waals surface area contributed by atoms with E-state index < -0.39 is 0 Å². The first-order chi connectivity index (χ1) is 9.56. The molecule has 6 heteroatoms. The van der Waals surface area contributed by atoms with E-state index in [2.05, 4.69) is 10.3 Å². The van der Waals surface area contributed by atoms with Crippen molar-refractivity contribution in [1.82, 2.24) is 15.2 Å². The molecule has 0 radical (unpaired) electrons. The van der Waals surface area contributed by atoms with Crippen LogP contribution >= 0.6 is 11.6 Å². The van der Waals surface area contributed by atoms with Gasteiger partial charge in [-0.15, -0.1) is 0 Å². The molecule has 20 heavy (non-hydrogen) atoms. The molecule has 5 nitrogen and oxygen atoms in total. The number of likely N-dealkylation sites (N-methyl/N-ethyl adjacent to an activating group) is 1. The van der Waals surface area contributed by atoms with Crippen molar-refractivity contribution in [3.05, 3.63) is 28.5 Å². The zero-order chi connectivity index (χ0) is 14.7. The van der Waals surface area contributed by atoms with Crippen molar-refractivity contribution in [1.29, 1.82) is 0 Å². The summed E-state index contributed by atoms with van der Waals surface area (Å²) in [6.07, 6.45) is 2.24. The van der Waals surface area contributed by atoms with Crippen LogP contribution in [0.3, 0.4) is 0 Å². The normalized spacial score (nSPS) is 18.1. The Kier molecular flexibility index (Phi) is 4.60. The van der Waals surface area contributed by atoms with E-state index >= 15 is 0 Å². The van der Waals surface area contributed by atoms with Crippen LogP contribution in [0.2, 0.25) is 5.15 Å². The van der Waals surface area contributed by atoms with Gasteiger partial charge in [-0.25, -0.2) is 4.98 Å². The van der Waals surface area contributed by atoms with E-state index in [0.29, 0.717) is 30.1 Å². The average Bonchev–Trinajstić information content (AvgIpc) is 2.94.